The van der Waals surface area contributed by atoms with E-state index in [0.717, 1.165) is 67.9 Å². The van der Waals surface area contributed by atoms with Crippen LogP contribution in [0.1, 0.15) is 68.9 Å². The average Bonchev–Trinajstić information content (AvgIpc) is 3.34. The van der Waals surface area contributed by atoms with E-state index >= 15 is 0 Å². The van der Waals surface area contributed by atoms with Crippen LogP contribution in [0.3, 0.4) is 0 Å². The van der Waals surface area contributed by atoms with Crippen molar-refractivity contribution in [2.24, 2.45) is 5.92 Å². The number of amides is 1. The predicted molar refractivity (Wildman–Crippen MR) is 130 cm³/mol. The number of carbonyl (C=O) groups excluding carboxylic acids is 1. The highest BCUT2D eigenvalue weighted by Gasteiger charge is 2.30. The number of ether oxygens (including phenoxy) is 3. The molecule has 2 atom stereocenters. The largest absolute Gasteiger partial charge is 0.494 e. The molecule has 5 heteroatoms. The number of benzene rings is 2. The van der Waals surface area contributed by atoms with Gasteiger partial charge in [0.25, 0.3) is 0 Å². The van der Waals surface area contributed by atoms with E-state index in [2.05, 4.69) is 36.5 Å². The molecule has 0 radical (unpaired) electrons. The van der Waals surface area contributed by atoms with Crippen LogP contribution in [0.4, 0.5) is 0 Å². The molecule has 1 saturated heterocycles. The molecule has 33 heavy (non-hydrogen) atoms. The Morgan fingerprint density at radius 3 is 2.70 bits per heavy atom. The Morgan fingerprint density at radius 1 is 1.06 bits per heavy atom. The smallest absolute Gasteiger partial charge is 0.223 e. The maximum absolute atomic E-state index is 12.7. The first-order valence-electron chi connectivity index (χ1n) is 12.5. The normalized spacial score (nSPS) is 21.0. The van der Waals surface area contributed by atoms with Crippen molar-refractivity contribution in [3.8, 4) is 17.2 Å². The lowest BCUT2D eigenvalue weighted by Crippen LogP contribution is -2.41. The fraction of sp³-hybridized carbons (Fsp3) is 0.536. The molecule has 0 aromatic heterocycles. The Kier molecular flexibility index (Phi) is 8.14. The van der Waals surface area contributed by atoms with Gasteiger partial charge in [0, 0.05) is 18.4 Å². The Bertz CT molecular complexity index is 922. The topological polar surface area (TPSA) is 56.8 Å². The third-order valence-corrected chi connectivity index (χ3v) is 6.86. The summed E-state index contributed by atoms with van der Waals surface area (Å²) in [6.45, 7) is 3.55. The summed E-state index contributed by atoms with van der Waals surface area (Å²) in [7, 11) is 1.69. The van der Waals surface area contributed by atoms with Crippen molar-refractivity contribution in [1.29, 1.82) is 0 Å². The Balaban J connectivity index is 1.44. The van der Waals surface area contributed by atoms with Crippen LogP contribution in [-0.4, -0.2) is 32.3 Å². The summed E-state index contributed by atoms with van der Waals surface area (Å²) in [6, 6.07) is 14.4. The van der Waals surface area contributed by atoms with Crippen LogP contribution in [0.15, 0.2) is 42.5 Å². The van der Waals surface area contributed by atoms with Crippen molar-refractivity contribution in [2.75, 3.05) is 20.3 Å². The van der Waals surface area contributed by atoms with Gasteiger partial charge in [0.05, 0.1) is 19.8 Å². The van der Waals surface area contributed by atoms with Gasteiger partial charge in [-0.15, -0.1) is 0 Å². The summed E-state index contributed by atoms with van der Waals surface area (Å²) in [4.78, 5) is 12.7. The molecule has 2 aliphatic rings. The zero-order chi connectivity index (χ0) is 23.0. The number of carbonyl (C=O) groups is 1. The molecule has 2 fully saturated rings. The Morgan fingerprint density at radius 2 is 1.91 bits per heavy atom. The van der Waals surface area contributed by atoms with Crippen LogP contribution in [0.25, 0.3) is 0 Å². The minimum absolute atomic E-state index is 0.0593. The molecule has 2 aromatic carbocycles. The molecule has 1 amide bonds. The van der Waals surface area contributed by atoms with E-state index in [9.17, 15) is 4.79 Å². The average molecular weight is 452 g/mol. The third-order valence-electron chi connectivity index (χ3n) is 6.86. The van der Waals surface area contributed by atoms with Gasteiger partial charge in [-0.3, -0.25) is 4.79 Å². The second-order valence-corrected chi connectivity index (χ2v) is 9.36. The van der Waals surface area contributed by atoms with Gasteiger partial charge in [0.1, 0.15) is 5.75 Å². The fourth-order valence-electron chi connectivity index (χ4n) is 4.94. The van der Waals surface area contributed by atoms with Gasteiger partial charge in [-0.1, -0.05) is 31.5 Å². The molecule has 0 bridgehead atoms. The highest BCUT2D eigenvalue weighted by molar-refractivity contribution is 5.80. The number of unbranched alkanes of at least 4 members (excludes halogenated alkanes) is 1. The zero-order valence-electron chi connectivity index (χ0n) is 20.0. The van der Waals surface area contributed by atoms with Crippen LogP contribution in [0.5, 0.6) is 17.2 Å². The lowest BCUT2D eigenvalue weighted by Gasteiger charge is -2.30. The van der Waals surface area contributed by atoms with Gasteiger partial charge in [-0.05, 0) is 80.3 Å². The maximum Gasteiger partial charge on any atom is 0.223 e. The van der Waals surface area contributed by atoms with Gasteiger partial charge in [-0.25, -0.2) is 0 Å². The summed E-state index contributed by atoms with van der Waals surface area (Å²) in [6.07, 6.45) is 8.65. The van der Waals surface area contributed by atoms with Crippen molar-refractivity contribution >= 4 is 5.91 Å². The number of methoxy groups -OCH3 is 1. The molecular formula is C28H37NO4. The third kappa shape index (κ3) is 6.21. The van der Waals surface area contributed by atoms with Crippen LogP contribution >= 0.6 is 0 Å². The first-order chi connectivity index (χ1) is 16.2. The van der Waals surface area contributed by atoms with Gasteiger partial charge in [0.2, 0.25) is 5.91 Å². The second kappa shape index (κ2) is 11.4. The highest BCUT2D eigenvalue weighted by Crippen LogP contribution is 2.37. The molecule has 1 saturated carbocycles. The Hall–Kier alpha value is -2.69. The zero-order valence-corrected chi connectivity index (χ0v) is 20.0. The van der Waals surface area contributed by atoms with E-state index in [-0.39, 0.29) is 23.8 Å². The predicted octanol–water partition coefficient (Wildman–Crippen LogP) is 5.66. The summed E-state index contributed by atoms with van der Waals surface area (Å²) in [5.74, 6) is 2.83. The lowest BCUT2D eigenvalue weighted by molar-refractivity contribution is -0.126. The SMILES string of the molecule is CCCCOc1cccc(C[C@H]2C[C@@H](c3ccc(OC)c(OC4CCCC4)c3)CNC2=O)c1. The quantitative estimate of drug-likeness (QED) is 0.474. The maximum atomic E-state index is 12.7. The standard InChI is InChI=1S/C28H37NO4/c1-3-4-14-32-25-11-7-8-20(16-25)15-22-17-23(19-29-28(22)30)21-12-13-26(31-2)27(18-21)33-24-9-5-6-10-24/h7-8,11-13,16,18,22-24H,3-6,9-10,14-15,17,19H2,1-2H3,(H,29,30)/t22-,23+/m0/s1. The number of hydrogen-bond donors (Lipinski definition) is 1. The van der Waals surface area contributed by atoms with Gasteiger partial charge in [-0.2, -0.15) is 0 Å². The number of hydrogen-bond acceptors (Lipinski definition) is 4. The van der Waals surface area contributed by atoms with Gasteiger partial charge in [0.15, 0.2) is 11.5 Å². The van der Waals surface area contributed by atoms with Crippen LogP contribution in [-0.2, 0) is 11.2 Å². The first-order valence-corrected chi connectivity index (χ1v) is 12.5. The minimum Gasteiger partial charge on any atom is -0.494 e. The van der Waals surface area contributed by atoms with E-state index in [1.165, 1.54) is 18.4 Å². The Labute approximate surface area is 197 Å². The summed E-state index contributed by atoms with van der Waals surface area (Å²) in [5, 5.41) is 3.14. The fourth-order valence-corrected chi connectivity index (χ4v) is 4.94. The lowest BCUT2D eigenvalue weighted by atomic mass is 9.82. The number of piperidine rings is 1. The summed E-state index contributed by atoms with van der Waals surface area (Å²) >= 11 is 0. The van der Waals surface area contributed by atoms with E-state index in [1.54, 1.807) is 7.11 Å². The molecule has 0 spiro atoms. The molecule has 1 N–H and O–H groups in total. The molecular weight excluding hydrogens is 414 g/mol. The van der Waals surface area contributed by atoms with E-state index < -0.39 is 0 Å². The molecule has 1 heterocycles. The molecule has 1 aliphatic carbocycles. The summed E-state index contributed by atoms with van der Waals surface area (Å²) in [5.41, 5.74) is 2.34. The van der Waals surface area contributed by atoms with Gasteiger partial charge < -0.3 is 19.5 Å². The molecule has 4 rings (SSSR count). The van der Waals surface area contributed by atoms with E-state index in [0.29, 0.717) is 6.54 Å². The van der Waals surface area contributed by atoms with E-state index in [1.807, 2.05) is 18.2 Å². The van der Waals surface area contributed by atoms with Crippen molar-refractivity contribution < 1.29 is 19.0 Å². The van der Waals surface area contributed by atoms with Crippen molar-refractivity contribution in [3.63, 3.8) is 0 Å². The van der Waals surface area contributed by atoms with Crippen LogP contribution in [0.2, 0.25) is 0 Å². The summed E-state index contributed by atoms with van der Waals surface area (Å²) < 4.78 is 17.7. The van der Waals surface area contributed by atoms with Crippen molar-refractivity contribution in [3.05, 3.63) is 53.6 Å². The second-order valence-electron chi connectivity index (χ2n) is 9.36. The minimum atomic E-state index is -0.0593. The van der Waals surface area contributed by atoms with E-state index in [4.69, 9.17) is 14.2 Å². The molecule has 1 aliphatic heterocycles. The monoisotopic (exact) mass is 451 g/mol. The first kappa shape index (κ1) is 23.5. The van der Waals surface area contributed by atoms with Crippen molar-refractivity contribution in [1.82, 2.24) is 5.32 Å². The molecule has 2 aromatic rings. The molecule has 178 valence electrons. The van der Waals surface area contributed by atoms with Crippen LogP contribution in [0, 0.1) is 5.92 Å². The molecule has 0 unspecified atom stereocenters. The number of rotatable bonds is 10. The number of nitrogens with one attached hydrogen (secondary N) is 1. The highest BCUT2D eigenvalue weighted by atomic mass is 16.5. The molecule has 5 nitrogen and oxygen atoms in total. The van der Waals surface area contributed by atoms with Gasteiger partial charge >= 0.3 is 0 Å². The van der Waals surface area contributed by atoms with Crippen molar-refractivity contribution in [2.45, 2.75) is 70.3 Å². The van der Waals surface area contributed by atoms with Crippen LogP contribution < -0.4 is 19.5 Å².